The molecule has 0 aliphatic carbocycles. The normalized spacial score (nSPS) is 12.1. The Bertz CT molecular complexity index is 559. The molecule has 0 bridgehead atoms. The number of aryl methyl sites for hydroxylation is 2. The molecule has 0 unspecified atom stereocenters. The maximum Gasteiger partial charge on any atom is 0.453 e. The van der Waals surface area contributed by atoms with Gasteiger partial charge in [0.05, 0.1) is 0 Å². The standard InChI is InChI=1S/C14H16F3N3/c1-10(2)12-18-13(14(15,16)17)19-20(12)9-8-11-6-4-3-5-7-11/h3-7,10H,8-9H2,1-2H3. The second-order valence-electron chi connectivity index (χ2n) is 4.90. The van der Waals surface area contributed by atoms with Gasteiger partial charge in [0.1, 0.15) is 5.82 Å². The van der Waals surface area contributed by atoms with Gasteiger partial charge < -0.3 is 0 Å². The maximum atomic E-state index is 12.7. The third-order valence-corrected chi connectivity index (χ3v) is 2.93. The summed E-state index contributed by atoms with van der Waals surface area (Å²) in [4.78, 5) is 3.62. The van der Waals surface area contributed by atoms with Crippen LogP contribution in [0, 0.1) is 0 Å². The lowest BCUT2D eigenvalue weighted by Crippen LogP contribution is -2.11. The molecule has 3 nitrogen and oxygen atoms in total. The zero-order valence-corrected chi connectivity index (χ0v) is 11.4. The summed E-state index contributed by atoms with van der Waals surface area (Å²) < 4.78 is 39.4. The minimum atomic E-state index is -4.50. The fraction of sp³-hybridized carbons (Fsp3) is 0.429. The van der Waals surface area contributed by atoms with Crippen molar-refractivity contribution in [2.45, 2.75) is 38.9 Å². The molecule has 0 amide bonds. The lowest BCUT2D eigenvalue weighted by atomic mass is 10.1. The van der Waals surface area contributed by atoms with Crippen LogP contribution in [0.3, 0.4) is 0 Å². The number of halogens is 3. The van der Waals surface area contributed by atoms with Crippen LogP contribution in [0.1, 0.15) is 37.0 Å². The first-order valence-corrected chi connectivity index (χ1v) is 6.44. The van der Waals surface area contributed by atoms with E-state index in [4.69, 9.17) is 0 Å². The van der Waals surface area contributed by atoms with E-state index < -0.39 is 12.0 Å². The van der Waals surface area contributed by atoms with E-state index in [1.807, 2.05) is 44.2 Å². The van der Waals surface area contributed by atoms with Crippen LogP contribution >= 0.6 is 0 Å². The van der Waals surface area contributed by atoms with Gasteiger partial charge in [-0.15, -0.1) is 5.10 Å². The highest BCUT2D eigenvalue weighted by Crippen LogP contribution is 2.27. The van der Waals surface area contributed by atoms with E-state index in [1.54, 1.807) is 0 Å². The first-order valence-electron chi connectivity index (χ1n) is 6.44. The predicted octanol–water partition coefficient (Wildman–Crippen LogP) is 3.66. The molecule has 2 rings (SSSR count). The Morgan fingerprint density at radius 2 is 1.80 bits per heavy atom. The molecule has 0 N–H and O–H groups in total. The summed E-state index contributed by atoms with van der Waals surface area (Å²) in [5.41, 5.74) is 1.06. The van der Waals surface area contributed by atoms with Crippen LogP contribution in [-0.2, 0) is 19.1 Å². The van der Waals surface area contributed by atoms with Crippen LogP contribution in [0.25, 0.3) is 0 Å². The van der Waals surface area contributed by atoms with Crippen molar-refractivity contribution >= 4 is 0 Å². The zero-order chi connectivity index (χ0) is 14.8. The number of hydrogen-bond donors (Lipinski definition) is 0. The summed E-state index contributed by atoms with van der Waals surface area (Å²) >= 11 is 0. The van der Waals surface area contributed by atoms with E-state index in [-0.39, 0.29) is 5.92 Å². The van der Waals surface area contributed by atoms with Crippen molar-refractivity contribution in [3.63, 3.8) is 0 Å². The number of hydrogen-bond acceptors (Lipinski definition) is 2. The molecule has 0 aliphatic rings. The van der Waals surface area contributed by atoms with E-state index in [0.717, 1.165) is 5.56 Å². The number of rotatable bonds is 4. The highest BCUT2D eigenvalue weighted by atomic mass is 19.4. The lowest BCUT2D eigenvalue weighted by molar-refractivity contribution is -0.145. The Labute approximate surface area is 115 Å². The number of alkyl halides is 3. The highest BCUT2D eigenvalue weighted by molar-refractivity contribution is 5.14. The maximum absolute atomic E-state index is 12.7. The van der Waals surface area contributed by atoms with Gasteiger partial charge in [-0.3, -0.25) is 0 Å². The lowest BCUT2D eigenvalue weighted by Gasteiger charge is -2.08. The summed E-state index contributed by atoms with van der Waals surface area (Å²) in [5, 5.41) is 3.60. The number of benzene rings is 1. The Hall–Kier alpha value is -1.85. The van der Waals surface area contributed by atoms with Gasteiger partial charge in [-0.05, 0) is 12.0 Å². The van der Waals surface area contributed by atoms with Crippen LogP contribution < -0.4 is 0 Å². The Kier molecular flexibility index (Phi) is 4.11. The van der Waals surface area contributed by atoms with Gasteiger partial charge in [0.25, 0.3) is 5.82 Å². The Morgan fingerprint density at radius 1 is 1.15 bits per heavy atom. The van der Waals surface area contributed by atoms with Gasteiger partial charge in [0.2, 0.25) is 0 Å². The molecule has 1 aromatic carbocycles. The number of aromatic nitrogens is 3. The summed E-state index contributed by atoms with van der Waals surface area (Å²) in [6.45, 7) is 4.01. The fourth-order valence-electron chi connectivity index (χ4n) is 1.95. The van der Waals surface area contributed by atoms with E-state index in [2.05, 4.69) is 10.1 Å². The van der Waals surface area contributed by atoms with Gasteiger partial charge in [-0.1, -0.05) is 44.2 Å². The molecule has 0 saturated carbocycles. The molecule has 2 aromatic rings. The average Bonchev–Trinajstić information content (AvgIpc) is 2.82. The first-order chi connectivity index (χ1) is 9.38. The smallest absolute Gasteiger partial charge is 0.249 e. The molecular weight excluding hydrogens is 267 g/mol. The Balaban J connectivity index is 2.20. The van der Waals surface area contributed by atoms with Crippen LogP contribution in [0.15, 0.2) is 30.3 Å². The van der Waals surface area contributed by atoms with Gasteiger partial charge in [0, 0.05) is 12.5 Å². The van der Waals surface area contributed by atoms with Crippen molar-refractivity contribution < 1.29 is 13.2 Å². The van der Waals surface area contributed by atoms with Crippen LogP contribution in [0.4, 0.5) is 13.2 Å². The quantitative estimate of drug-likeness (QED) is 0.857. The SMILES string of the molecule is CC(C)c1nc(C(F)(F)F)nn1CCc1ccccc1. The van der Waals surface area contributed by atoms with E-state index in [0.29, 0.717) is 18.8 Å². The van der Waals surface area contributed by atoms with Crippen molar-refractivity contribution in [3.8, 4) is 0 Å². The van der Waals surface area contributed by atoms with E-state index in [1.165, 1.54) is 4.68 Å². The molecule has 20 heavy (non-hydrogen) atoms. The van der Waals surface area contributed by atoms with Crippen LogP contribution in [0.5, 0.6) is 0 Å². The largest absolute Gasteiger partial charge is 0.453 e. The van der Waals surface area contributed by atoms with Crippen molar-refractivity contribution in [2.75, 3.05) is 0 Å². The van der Waals surface area contributed by atoms with Gasteiger partial charge in [-0.25, -0.2) is 9.67 Å². The molecule has 0 aliphatic heterocycles. The van der Waals surface area contributed by atoms with Crippen molar-refractivity contribution in [3.05, 3.63) is 47.5 Å². The predicted molar refractivity (Wildman–Crippen MR) is 69.3 cm³/mol. The van der Waals surface area contributed by atoms with Crippen molar-refractivity contribution in [2.24, 2.45) is 0 Å². The topological polar surface area (TPSA) is 30.7 Å². The summed E-state index contributed by atoms with van der Waals surface area (Å²) in [6.07, 6.45) is -3.87. The molecule has 6 heteroatoms. The molecule has 0 saturated heterocycles. The van der Waals surface area contributed by atoms with Gasteiger partial charge in [0.15, 0.2) is 0 Å². The van der Waals surface area contributed by atoms with Crippen molar-refractivity contribution in [1.29, 1.82) is 0 Å². The summed E-state index contributed by atoms with van der Waals surface area (Å²) in [7, 11) is 0. The number of nitrogens with zero attached hydrogens (tertiary/aromatic N) is 3. The fourth-order valence-corrected chi connectivity index (χ4v) is 1.95. The van der Waals surface area contributed by atoms with E-state index in [9.17, 15) is 13.2 Å². The minimum absolute atomic E-state index is 0.102. The monoisotopic (exact) mass is 283 g/mol. The molecule has 1 aromatic heterocycles. The molecule has 0 atom stereocenters. The molecule has 0 spiro atoms. The van der Waals surface area contributed by atoms with Crippen LogP contribution in [-0.4, -0.2) is 14.8 Å². The first kappa shape index (κ1) is 14.6. The minimum Gasteiger partial charge on any atom is -0.249 e. The second-order valence-corrected chi connectivity index (χ2v) is 4.90. The molecule has 1 heterocycles. The molecule has 108 valence electrons. The van der Waals surface area contributed by atoms with Gasteiger partial charge in [-0.2, -0.15) is 13.2 Å². The van der Waals surface area contributed by atoms with E-state index >= 15 is 0 Å². The average molecular weight is 283 g/mol. The summed E-state index contributed by atoms with van der Waals surface area (Å²) in [6, 6.07) is 9.59. The molecule has 0 radical (unpaired) electrons. The van der Waals surface area contributed by atoms with Crippen molar-refractivity contribution in [1.82, 2.24) is 14.8 Å². The van der Waals surface area contributed by atoms with Gasteiger partial charge >= 0.3 is 6.18 Å². The summed E-state index contributed by atoms with van der Waals surface area (Å²) in [5.74, 6) is -0.795. The van der Waals surface area contributed by atoms with Crippen LogP contribution in [0.2, 0.25) is 0 Å². The molecule has 0 fully saturated rings. The third kappa shape index (κ3) is 3.37. The third-order valence-electron chi connectivity index (χ3n) is 2.93. The zero-order valence-electron chi connectivity index (χ0n) is 11.4. The highest BCUT2D eigenvalue weighted by Gasteiger charge is 2.37. The molecular formula is C14H16F3N3. The Morgan fingerprint density at radius 3 is 2.35 bits per heavy atom. The second kappa shape index (κ2) is 5.64.